The van der Waals surface area contributed by atoms with Crippen LogP contribution in [0.5, 0.6) is 0 Å². The lowest BCUT2D eigenvalue weighted by molar-refractivity contribution is -0.143. The van der Waals surface area contributed by atoms with Gasteiger partial charge >= 0.3 is 6.18 Å². The Bertz CT molecular complexity index is 229. The minimum absolute atomic E-state index is 0.0456. The topological polar surface area (TPSA) is 26.3 Å². The van der Waals surface area contributed by atoms with Crippen LogP contribution in [0.3, 0.4) is 0 Å². The number of Topliss-reactive ketones (excluding diaryl/α,β-unsaturated/α-hetero) is 1. The molecule has 1 unspecified atom stereocenters. The van der Waals surface area contributed by atoms with Crippen LogP contribution in [0.1, 0.15) is 39.0 Å². The molecule has 0 aromatic carbocycles. The highest BCUT2D eigenvalue weighted by Crippen LogP contribution is 2.29. The smallest absolute Gasteiger partial charge is 0.368 e. The molecule has 1 saturated heterocycles. The van der Waals surface area contributed by atoms with Gasteiger partial charge in [-0.3, -0.25) is 4.79 Å². The zero-order chi connectivity index (χ0) is 11.5. The van der Waals surface area contributed by atoms with E-state index in [-0.39, 0.29) is 18.6 Å². The molecule has 0 aromatic heterocycles. The van der Waals surface area contributed by atoms with E-state index < -0.39 is 18.2 Å². The molecule has 15 heavy (non-hydrogen) atoms. The van der Waals surface area contributed by atoms with Crippen molar-refractivity contribution in [2.24, 2.45) is 0 Å². The normalized spacial score (nSPS) is 26.9. The molecule has 0 N–H and O–H groups in total. The number of hydrogen-bond acceptors (Lipinski definition) is 2. The summed E-state index contributed by atoms with van der Waals surface area (Å²) in [5.41, 5.74) is -0.828. The molecule has 88 valence electrons. The SMILES string of the molecule is CC1(C(=O)CCCC(F)(F)F)CCCO1. The van der Waals surface area contributed by atoms with E-state index in [1.54, 1.807) is 6.92 Å². The lowest BCUT2D eigenvalue weighted by Crippen LogP contribution is -2.34. The van der Waals surface area contributed by atoms with Crippen LogP contribution in [0.2, 0.25) is 0 Å². The summed E-state index contributed by atoms with van der Waals surface area (Å²) in [6, 6.07) is 0. The largest absolute Gasteiger partial charge is 0.389 e. The summed E-state index contributed by atoms with van der Waals surface area (Å²) in [7, 11) is 0. The molecule has 0 amide bonds. The highest BCUT2D eigenvalue weighted by Gasteiger charge is 2.37. The summed E-state index contributed by atoms with van der Waals surface area (Å²) in [5.74, 6) is -0.204. The Hall–Kier alpha value is -0.580. The summed E-state index contributed by atoms with van der Waals surface area (Å²) in [5, 5.41) is 0. The number of rotatable bonds is 4. The summed E-state index contributed by atoms with van der Waals surface area (Å²) < 4.78 is 40.8. The maximum atomic E-state index is 11.8. The molecule has 2 nitrogen and oxygen atoms in total. The van der Waals surface area contributed by atoms with Gasteiger partial charge in [-0.25, -0.2) is 0 Å². The fourth-order valence-corrected chi connectivity index (χ4v) is 1.71. The first kappa shape index (κ1) is 12.5. The number of ether oxygens (including phenoxy) is 1. The molecule has 0 aliphatic carbocycles. The fourth-order valence-electron chi connectivity index (χ4n) is 1.71. The van der Waals surface area contributed by atoms with Gasteiger partial charge < -0.3 is 4.74 Å². The van der Waals surface area contributed by atoms with E-state index in [0.717, 1.165) is 6.42 Å². The lowest BCUT2D eigenvalue weighted by Gasteiger charge is -2.21. The quantitative estimate of drug-likeness (QED) is 0.734. The second-order valence-electron chi connectivity index (χ2n) is 4.07. The van der Waals surface area contributed by atoms with Crippen LogP contribution in [0.15, 0.2) is 0 Å². The van der Waals surface area contributed by atoms with Gasteiger partial charge in [0.25, 0.3) is 0 Å². The molecule has 5 heteroatoms. The average molecular weight is 224 g/mol. The van der Waals surface area contributed by atoms with Gasteiger partial charge in [-0.1, -0.05) is 0 Å². The van der Waals surface area contributed by atoms with Gasteiger partial charge in [0.15, 0.2) is 5.78 Å². The zero-order valence-electron chi connectivity index (χ0n) is 8.69. The summed E-state index contributed by atoms with van der Waals surface area (Å²) in [6.07, 6.45) is -3.82. The van der Waals surface area contributed by atoms with Gasteiger partial charge in [0.05, 0.1) is 0 Å². The Kier molecular flexibility index (Phi) is 3.76. The molecule has 1 heterocycles. The van der Waals surface area contributed by atoms with Crippen molar-refractivity contribution in [3.63, 3.8) is 0 Å². The molecule has 1 aliphatic rings. The predicted molar refractivity (Wildman–Crippen MR) is 48.5 cm³/mol. The van der Waals surface area contributed by atoms with Crippen molar-refractivity contribution in [2.45, 2.75) is 50.8 Å². The van der Waals surface area contributed by atoms with Crippen molar-refractivity contribution < 1.29 is 22.7 Å². The molecular weight excluding hydrogens is 209 g/mol. The van der Waals surface area contributed by atoms with Crippen LogP contribution in [0, 0.1) is 0 Å². The van der Waals surface area contributed by atoms with Crippen LogP contribution in [0.4, 0.5) is 13.2 Å². The Labute approximate surface area is 86.8 Å². The maximum absolute atomic E-state index is 11.8. The molecule has 1 aliphatic heterocycles. The minimum atomic E-state index is -4.17. The third-order valence-corrected chi connectivity index (χ3v) is 2.67. The Morgan fingerprint density at radius 1 is 1.47 bits per heavy atom. The number of ketones is 1. The van der Waals surface area contributed by atoms with Crippen molar-refractivity contribution in [3.05, 3.63) is 0 Å². The standard InChI is InChI=1S/C10H15F3O2/c1-9(5-3-7-15-9)8(14)4-2-6-10(11,12)13/h2-7H2,1H3. The van der Waals surface area contributed by atoms with Crippen molar-refractivity contribution in [3.8, 4) is 0 Å². The van der Waals surface area contributed by atoms with Gasteiger partial charge in [-0.05, 0) is 26.2 Å². The van der Waals surface area contributed by atoms with Crippen molar-refractivity contribution >= 4 is 5.78 Å². The van der Waals surface area contributed by atoms with E-state index in [9.17, 15) is 18.0 Å². The molecule has 0 saturated carbocycles. The van der Waals surface area contributed by atoms with Crippen molar-refractivity contribution in [1.29, 1.82) is 0 Å². The predicted octanol–water partition coefficient (Wildman–Crippen LogP) is 2.86. The van der Waals surface area contributed by atoms with Crippen LogP contribution >= 0.6 is 0 Å². The maximum Gasteiger partial charge on any atom is 0.389 e. The Balaban J connectivity index is 2.30. The summed E-state index contributed by atoms with van der Waals surface area (Å²) >= 11 is 0. The van der Waals surface area contributed by atoms with Gasteiger partial charge in [0.2, 0.25) is 0 Å². The van der Waals surface area contributed by atoms with Crippen LogP contribution in [-0.2, 0) is 9.53 Å². The van der Waals surface area contributed by atoms with E-state index in [4.69, 9.17) is 4.74 Å². The van der Waals surface area contributed by atoms with Gasteiger partial charge in [-0.15, -0.1) is 0 Å². The van der Waals surface area contributed by atoms with Crippen LogP contribution in [-0.4, -0.2) is 24.2 Å². The lowest BCUT2D eigenvalue weighted by atomic mass is 9.93. The van der Waals surface area contributed by atoms with E-state index in [2.05, 4.69) is 0 Å². The van der Waals surface area contributed by atoms with E-state index in [1.165, 1.54) is 0 Å². The van der Waals surface area contributed by atoms with Crippen LogP contribution < -0.4 is 0 Å². The van der Waals surface area contributed by atoms with Crippen molar-refractivity contribution in [1.82, 2.24) is 0 Å². The minimum Gasteiger partial charge on any atom is -0.368 e. The van der Waals surface area contributed by atoms with E-state index in [0.29, 0.717) is 13.0 Å². The molecular formula is C10H15F3O2. The zero-order valence-corrected chi connectivity index (χ0v) is 8.69. The highest BCUT2D eigenvalue weighted by molar-refractivity contribution is 5.87. The van der Waals surface area contributed by atoms with Gasteiger partial charge in [-0.2, -0.15) is 13.2 Å². The third kappa shape index (κ3) is 3.81. The summed E-state index contributed by atoms with van der Waals surface area (Å²) in [4.78, 5) is 11.6. The number of halogens is 3. The Morgan fingerprint density at radius 2 is 2.13 bits per heavy atom. The average Bonchev–Trinajstić information content (AvgIpc) is 2.51. The van der Waals surface area contributed by atoms with Gasteiger partial charge in [0, 0.05) is 19.4 Å². The monoisotopic (exact) mass is 224 g/mol. The number of carbonyl (C=O) groups is 1. The third-order valence-electron chi connectivity index (χ3n) is 2.67. The molecule has 0 radical (unpaired) electrons. The first-order valence-corrected chi connectivity index (χ1v) is 5.07. The molecule has 1 rings (SSSR count). The first-order chi connectivity index (χ1) is 6.83. The van der Waals surface area contributed by atoms with E-state index in [1.807, 2.05) is 0 Å². The number of hydrogen-bond donors (Lipinski definition) is 0. The number of carbonyl (C=O) groups excluding carboxylic acids is 1. The molecule has 0 spiro atoms. The molecule has 0 bridgehead atoms. The fraction of sp³-hybridized carbons (Fsp3) is 0.900. The number of alkyl halides is 3. The van der Waals surface area contributed by atoms with E-state index >= 15 is 0 Å². The summed E-state index contributed by atoms with van der Waals surface area (Å²) in [6.45, 7) is 2.19. The second-order valence-corrected chi connectivity index (χ2v) is 4.07. The van der Waals surface area contributed by atoms with Gasteiger partial charge in [0.1, 0.15) is 5.60 Å². The molecule has 1 fully saturated rings. The highest BCUT2D eigenvalue weighted by atomic mass is 19.4. The first-order valence-electron chi connectivity index (χ1n) is 5.07. The second kappa shape index (κ2) is 4.51. The molecule has 1 atom stereocenters. The van der Waals surface area contributed by atoms with Crippen LogP contribution in [0.25, 0.3) is 0 Å². The molecule has 0 aromatic rings. The Morgan fingerprint density at radius 3 is 2.60 bits per heavy atom. The van der Waals surface area contributed by atoms with Crippen molar-refractivity contribution in [2.75, 3.05) is 6.61 Å².